The van der Waals surface area contributed by atoms with E-state index in [1.54, 1.807) is 0 Å². The van der Waals surface area contributed by atoms with Crippen molar-refractivity contribution >= 4 is 33.6 Å². The number of hydrogen-bond acceptors (Lipinski definition) is 7. The molecule has 12 nitrogen and oxygen atoms in total. The fourth-order valence-electron chi connectivity index (χ4n) is 4.15. The molecule has 2 aromatic carbocycles. The molecule has 0 unspecified atom stereocenters. The van der Waals surface area contributed by atoms with Gasteiger partial charge in [-0.05, 0) is 42.8 Å². The van der Waals surface area contributed by atoms with Gasteiger partial charge in [0, 0.05) is 38.3 Å². The Hall–Kier alpha value is -3.98. The highest BCUT2D eigenvalue weighted by Gasteiger charge is 2.50. The molecule has 0 spiro atoms. The number of carbonyl (C=O) groups is 3. The first-order valence-corrected chi connectivity index (χ1v) is 12.4. The summed E-state index contributed by atoms with van der Waals surface area (Å²) in [5.41, 5.74) is -1.44. The van der Waals surface area contributed by atoms with E-state index in [-0.39, 0.29) is 31.9 Å². The summed E-state index contributed by atoms with van der Waals surface area (Å²) < 4.78 is 53.2. The molecule has 0 radical (unpaired) electrons. The first-order chi connectivity index (χ1) is 17.3. The van der Waals surface area contributed by atoms with Gasteiger partial charge in [0.25, 0.3) is 11.6 Å². The molecule has 2 aromatic rings. The lowest BCUT2D eigenvalue weighted by atomic mass is 9.92. The summed E-state index contributed by atoms with van der Waals surface area (Å²) in [5, 5.41) is 13.4. The van der Waals surface area contributed by atoms with Crippen molar-refractivity contribution < 1.29 is 36.5 Å². The smallest absolute Gasteiger partial charge is 0.325 e. The third kappa shape index (κ3) is 4.74. The maximum absolute atomic E-state index is 13.5. The van der Waals surface area contributed by atoms with Gasteiger partial charge in [0.2, 0.25) is 15.9 Å². The van der Waals surface area contributed by atoms with Crippen LogP contribution in [0.1, 0.15) is 12.5 Å². The van der Waals surface area contributed by atoms with E-state index >= 15 is 0 Å². The van der Waals surface area contributed by atoms with Crippen LogP contribution in [-0.2, 0) is 25.2 Å². The zero-order valence-corrected chi connectivity index (χ0v) is 20.2. The van der Waals surface area contributed by atoms with Crippen molar-refractivity contribution in [2.24, 2.45) is 0 Å². The molecule has 0 saturated carbocycles. The molecule has 0 aliphatic carbocycles. The topological polar surface area (TPSA) is 150 Å². The number of halogens is 2. The first kappa shape index (κ1) is 26.1. The Bertz CT molecular complexity index is 1390. The van der Waals surface area contributed by atoms with Gasteiger partial charge < -0.3 is 10.2 Å². The van der Waals surface area contributed by atoms with E-state index in [0.29, 0.717) is 17.7 Å². The van der Waals surface area contributed by atoms with Gasteiger partial charge in [0.15, 0.2) is 11.6 Å². The zero-order valence-electron chi connectivity index (χ0n) is 19.4. The highest BCUT2D eigenvalue weighted by atomic mass is 32.2. The molecule has 0 aromatic heterocycles. The highest BCUT2D eigenvalue weighted by Crippen LogP contribution is 2.30. The number of nitro benzene ring substituents is 1. The normalized spacial score (nSPS) is 20.7. The van der Waals surface area contributed by atoms with E-state index in [4.69, 9.17) is 0 Å². The van der Waals surface area contributed by atoms with Crippen molar-refractivity contribution in [3.8, 4) is 0 Å². The molecule has 2 aliphatic heterocycles. The molecule has 37 heavy (non-hydrogen) atoms. The molecule has 15 heteroatoms. The molecule has 2 saturated heterocycles. The van der Waals surface area contributed by atoms with E-state index in [1.165, 1.54) is 36.1 Å². The van der Waals surface area contributed by atoms with E-state index in [9.17, 15) is 41.7 Å². The van der Waals surface area contributed by atoms with Crippen LogP contribution >= 0.6 is 0 Å². The van der Waals surface area contributed by atoms with E-state index < -0.39 is 61.4 Å². The molecule has 1 atom stereocenters. The molecule has 2 heterocycles. The second kappa shape index (κ2) is 9.48. The second-order valence-corrected chi connectivity index (χ2v) is 10.5. The Balaban J connectivity index is 1.40. The lowest BCUT2D eigenvalue weighted by Crippen LogP contribution is -2.53. The second-order valence-electron chi connectivity index (χ2n) is 8.61. The van der Waals surface area contributed by atoms with Gasteiger partial charge >= 0.3 is 6.03 Å². The Morgan fingerprint density at radius 2 is 1.68 bits per heavy atom. The van der Waals surface area contributed by atoms with Crippen LogP contribution in [0.5, 0.6) is 0 Å². The van der Waals surface area contributed by atoms with Crippen LogP contribution in [-0.4, -0.2) is 78.0 Å². The lowest BCUT2D eigenvalue weighted by molar-refractivity contribution is -0.384. The first-order valence-electron chi connectivity index (χ1n) is 11.0. The number of nitrogens with one attached hydrogen (secondary N) is 1. The van der Waals surface area contributed by atoms with Gasteiger partial charge in [0.1, 0.15) is 12.1 Å². The predicted molar refractivity (Wildman–Crippen MR) is 122 cm³/mol. The van der Waals surface area contributed by atoms with Gasteiger partial charge in [-0.3, -0.25) is 24.6 Å². The Morgan fingerprint density at radius 1 is 1.05 bits per heavy atom. The fraction of sp³-hybridized carbons (Fsp3) is 0.318. The van der Waals surface area contributed by atoms with E-state index in [1.807, 2.05) is 0 Å². The molecule has 4 rings (SSSR count). The van der Waals surface area contributed by atoms with Crippen molar-refractivity contribution in [1.82, 2.24) is 19.4 Å². The number of non-ortho nitro benzene ring substituents is 1. The number of rotatable bonds is 6. The quantitative estimate of drug-likeness (QED) is 0.330. The van der Waals surface area contributed by atoms with Crippen LogP contribution in [0.4, 0.5) is 19.3 Å². The van der Waals surface area contributed by atoms with Crippen molar-refractivity contribution in [1.29, 1.82) is 0 Å². The summed E-state index contributed by atoms with van der Waals surface area (Å²) >= 11 is 0. The Kier molecular flexibility index (Phi) is 6.68. The number of benzene rings is 2. The van der Waals surface area contributed by atoms with Crippen LogP contribution in [0.2, 0.25) is 0 Å². The van der Waals surface area contributed by atoms with Crippen LogP contribution < -0.4 is 5.32 Å². The number of nitro groups is 1. The molecule has 2 aliphatic rings. The number of sulfonamides is 1. The largest absolute Gasteiger partial charge is 0.338 e. The number of piperazine rings is 1. The minimum absolute atomic E-state index is 0.0506. The van der Waals surface area contributed by atoms with E-state index in [2.05, 4.69) is 5.32 Å². The average molecular weight is 538 g/mol. The van der Waals surface area contributed by atoms with Gasteiger partial charge in [-0.1, -0.05) is 0 Å². The van der Waals surface area contributed by atoms with Crippen molar-refractivity contribution in [2.75, 3.05) is 32.7 Å². The van der Waals surface area contributed by atoms with Gasteiger partial charge in [-0.15, -0.1) is 0 Å². The summed E-state index contributed by atoms with van der Waals surface area (Å²) in [5.74, 6) is -3.80. The van der Waals surface area contributed by atoms with Crippen LogP contribution in [0.15, 0.2) is 47.4 Å². The molecule has 4 amide bonds. The third-order valence-electron chi connectivity index (χ3n) is 6.34. The van der Waals surface area contributed by atoms with Crippen molar-refractivity contribution in [2.45, 2.75) is 17.4 Å². The fourth-order valence-corrected chi connectivity index (χ4v) is 5.59. The lowest BCUT2D eigenvalue weighted by Gasteiger charge is -2.34. The number of hydrogen-bond donors (Lipinski definition) is 1. The predicted octanol–water partition coefficient (Wildman–Crippen LogP) is 1.17. The van der Waals surface area contributed by atoms with Gasteiger partial charge in [0.05, 0.1) is 9.82 Å². The maximum atomic E-state index is 13.5. The van der Waals surface area contributed by atoms with Crippen LogP contribution in [0, 0.1) is 21.7 Å². The minimum atomic E-state index is -4.13. The summed E-state index contributed by atoms with van der Waals surface area (Å²) in [6, 6.07) is 6.50. The summed E-state index contributed by atoms with van der Waals surface area (Å²) in [4.78, 5) is 50.3. The Morgan fingerprint density at radius 3 is 2.24 bits per heavy atom. The maximum Gasteiger partial charge on any atom is 0.325 e. The number of nitrogens with zero attached hydrogens (tertiary/aromatic N) is 4. The average Bonchev–Trinajstić information content (AvgIpc) is 3.09. The van der Waals surface area contributed by atoms with Crippen LogP contribution in [0.3, 0.4) is 0 Å². The SMILES string of the molecule is C[C@@]1(c2ccc([N+](=O)[O-])cc2)NC(=O)N(CC(=O)N2CCN(S(=O)(=O)c3ccc(F)c(F)c3)CC2)C1=O. The molecule has 196 valence electrons. The number of imide groups is 1. The third-order valence-corrected chi connectivity index (χ3v) is 8.24. The number of urea groups is 1. The number of carbonyl (C=O) groups excluding carboxylic acids is 3. The monoisotopic (exact) mass is 537 g/mol. The van der Waals surface area contributed by atoms with Crippen molar-refractivity contribution in [3.05, 3.63) is 69.8 Å². The number of amides is 4. The molecule has 2 fully saturated rings. The van der Waals surface area contributed by atoms with E-state index in [0.717, 1.165) is 15.3 Å². The minimum Gasteiger partial charge on any atom is -0.338 e. The molecule has 1 N–H and O–H groups in total. The summed E-state index contributed by atoms with van der Waals surface area (Å²) in [6.45, 7) is 0.460. The molecular formula is C22H21F2N5O7S. The zero-order chi connectivity index (χ0) is 27.1. The van der Waals surface area contributed by atoms with Gasteiger partial charge in [-0.25, -0.2) is 22.0 Å². The standard InChI is InChI=1S/C22H21F2N5O7S/c1-22(14-2-4-15(5-3-14)29(33)34)20(31)28(21(32)25-22)13-19(30)26-8-10-27(11-9-26)37(35,36)16-6-7-17(23)18(24)12-16/h2-7,12H,8-11,13H2,1H3,(H,25,32)/t22-/m0/s1. The summed E-state index contributed by atoms with van der Waals surface area (Å²) in [6.07, 6.45) is 0. The van der Waals surface area contributed by atoms with Gasteiger partial charge in [-0.2, -0.15) is 4.31 Å². The van der Waals surface area contributed by atoms with Crippen LogP contribution in [0.25, 0.3) is 0 Å². The highest BCUT2D eigenvalue weighted by molar-refractivity contribution is 7.89. The van der Waals surface area contributed by atoms with Crippen molar-refractivity contribution in [3.63, 3.8) is 0 Å². The molecule has 0 bridgehead atoms. The Labute approximate surface area is 209 Å². The summed E-state index contributed by atoms with van der Waals surface area (Å²) in [7, 11) is -4.13. The molecular weight excluding hydrogens is 516 g/mol.